The van der Waals surface area contributed by atoms with Crippen LogP contribution in [0.15, 0.2) is 95.1 Å². The second-order valence-corrected chi connectivity index (χ2v) is 15.4. The van der Waals surface area contributed by atoms with Crippen LogP contribution >= 0.6 is 0 Å². The number of fused-ring (bicyclic) bond motifs is 2. The fraction of sp³-hybridized carbons (Fsp3) is 0.317. The number of unbranched alkanes of at least 4 members (excludes halogenated alkanes) is 2. The summed E-state index contributed by atoms with van der Waals surface area (Å²) in [6.07, 6.45) is 5.64. The van der Waals surface area contributed by atoms with Gasteiger partial charge in [-0.15, -0.1) is 0 Å². The average Bonchev–Trinajstić information content (AvgIpc) is 3.59. The van der Waals surface area contributed by atoms with Gasteiger partial charge >= 0.3 is 0 Å². The molecule has 2 heterocycles. The van der Waals surface area contributed by atoms with Crippen LogP contribution in [0.25, 0.3) is 32.6 Å². The molecule has 0 saturated heterocycles. The minimum absolute atomic E-state index is 0.0556. The molecule has 0 saturated carbocycles. The molecule has 1 aliphatic heterocycles. The van der Waals surface area contributed by atoms with Crippen molar-refractivity contribution in [2.24, 2.45) is 12.2 Å². The number of azide groups is 1. The van der Waals surface area contributed by atoms with Crippen molar-refractivity contribution in [3.63, 3.8) is 0 Å². The number of carbonyl (C=O) groups excluding carboxylic acids is 3. The van der Waals surface area contributed by atoms with Gasteiger partial charge in [-0.25, -0.2) is 18.1 Å². The number of ketones is 1. The molecular formula is C41H44N8O5S. The summed E-state index contributed by atoms with van der Waals surface area (Å²) >= 11 is 0. The summed E-state index contributed by atoms with van der Waals surface area (Å²) in [5.74, 6) is -1.20. The Morgan fingerprint density at radius 3 is 2.44 bits per heavy atom. The molecule has 1 aromatic heterocycles. The van der Waals surface area contributed by atoms with E-state index in [4.69, 9.17) is 10.5 Å². The Bertz CT molecular complexity index is 2410. The zero-order valence-electron chi connectivity index (χ0n) is 31.2. The molecule has 1 aliphatic rings. The van der Waals surface area contributed by atoms with E-state index in [9.17, 15) is 22.8 Å². The lowest BCUT2D eigenvalue weighted by molar-refractivity contribution is 0.0745. The molecule has 0 bridgehead atoms. The van der Waals surface area contributed by atoms with Gasteiger partial charge < -0.3 is 14.8 Å². The monoisotopic (exact) mass is 760 g/mol. The van der Waals surface area contributed by atoms with Crippen molar-refractivity contribution >= 4 is 38.4 Å². The fourth-order valence-corrected chi connectivity index (χ4v) is 7.88. The summed E-state index contributed by atoms with van der Waals surface area (Å²) in [5.41, 5.74) is 11.6. The van der Waals surface area contributed by atoms with E-state index < -0.39 is 21.7 Å². The van der Waals surface area contributed by atoms with Crippen LogP contribution in [0.3, 0.4) is 0 Å². The van der Waals surface area contributed by atoms with Crippen LogP contribution in [-0.2, 0) is 30.0 Å². The van der Waals surface area contributed by atoms with Crippen molar-refractivity contribution in [2.45, 2.75) is 63.4 Å². The number of nitrogens with zero attached hydrogens (tertiary/aromatic N) is 6. The van der Waals surface area contributed by atoms with Gasteiger partial charge in [-0.2, -0.15) is 0 Å². The molecule has 284 valence electrons. The molecule has 2 amide bonds. The normalized spacial score (nSPS) is 13.8. The number of hydrogen-bond acceptors (Lipinski definition) is 8. The molecular weight excluding hydrogens is 717 g/mol. The Hall–Kier alpha value is -5.82. The van der Waals surface area contributed by atoms with Gasteiger partial charge in [0, 0.05) is 72.6 Å². The van der Waals surface area contributed by atoms with Gasteiger partial charge in [0.2, 0.25) is 0 Å². The van der Waals surface area contributed by atoms with Crippen LogP contribution < -0.4 is 10.0 Å². The second kappa shape index (κ2) is 17.1. The molecule has 0 spiro atoms. The van der Waals surface area contributed by atoms with Crippen molar-refractivity contribution < 1.29 is 22.8 Å². The Morgan fingerprint density at radius 1 is 0.964 bits per heavy atom. The lowest BCUT2D eigenvalue weighted by atomic mass is 9.86. The Balaban J connectivity index is 1.41. The predicted molar refractivity (Wildman–Crippen MR) is 211 cm³/mol. The first-order chi connectivity index (χ1) is 26.5. The maximum Gasteiger partial charge on any atom is 0.274 e. The van der Waals surface area contributed by atoms with Crippen LogP contribution in [0.1, 0.15) is 87.4 Å². The fourth-order valence-electron chi connectivity index (χ4n) is 6.87. The number of aromatic nitrogens is 2. The molecule has 55 heavy (non-hydrogen) atoms. The number of benzene rings is 4. The second-order valence-electron chi connectivity index (χ2n) is 13.7. The van der Waals surface area contributed by atoms with Crippen molar-refractivity contribution in [1.82, 2.24) is 24.5 Å². The third kappa shape index (κ3) is 8.62. The molecule has 6 rings (SSSR count). The predicted octanol–water partition coefficient (Wildman–Crippen LogP) is 6.96. The van der Waals surface area contributed by atoms with E-state index in [1.807, 2.05) is 23.1 Å². The number of imidazole rings is 1. The first-order valence-electron chi connectivity index (χ1n) is 18.5. The SMILES string of the molecule is CCCCN(CCCC)C(=O)c1cn(C)c(-c2ccc(C(=O)NS(=O)(=O)c3ccc4ccccc4c3)cc2C(=O)c2cccc3c2CC(CN=[N+]=[N-])NC3)n1. The van der Waals surface area contributed by atoms with E-state index in [2.05, 4.69) is 33.9 Å². The van der Waals surface area contributed by atoms with Gasteiger partial charge in [0.25, 0.3) is 21.8 Å². The number of rotatable bonds is 15. The quantitative estimate of drug-likeness (QED) is 0.0501. The first-order valence-corrected chi connectivity index (χ1v) is 20.0. The third-order valence-electron chi connectivity index (χ3n) is 9.89. The highest BCUT2D eigenvalue weighted by atomic mass is 32.2. The number of sulfonamides is 1. The summed E-state index contributed by atoms with van der Waals surface area (Å²) in [4.78, 5) is 51.6. The van der Waals surface area contributed by atoms with Crippen LogP contribution in [0.4, 0.5) is 0 Å². The number of carbonyl (C=O) groups is 3. The van der Waals surface area contributed by atoms with Gasteiger partial charge in [0.1, 0.15) is 11.5 Å². The zero-order valence-corrected chi connectivity index (χ0v) is 32.0. The van der Waals surface area contributed by atoms with Crippen LogP contribution in [0, 0.1) is 0 Å². The molecule has 4 aromatic carbocycles. The Kier molecular flexibility index (Phi) is 12.1. The minimum Gasteiger partial charge on any atom is -0.337 e. The highest BCUT2D eigenvalue weighted by molar-refractivity contribution is 7.90. The molecule has 1 unspecified atom stereocenters. The van der Waals surface area contributed by atoms with E-state index in [1.54, 1.807) is 54.2 Å². The number of aryl methyl sites for hydroxylation is 1. The average molecular weight is 761 g/mol. The van der Waals surface area contributed by atoms with Crippen molar-refractivity contribution in [2.75, 3.05) is 19.6 Å². The van der Waals surface area contributed by atoms with E-state index in [0.717, 1.165) is 42.2 Å². The Labute approximate surface area is 320 Å². The summed E-state index contributed by atoms with van der Waals surface area (Å²) in [7, 11) is -2.55. The smallest absolute Gasteiger partial charge is 0.274 e. The largest absolute Gasteiger partial charge is 0.337 e. The molecule has 2 N–H and O–H groups in total. The van der Waals surface area contributed by atoms with Crippen LogP contribution in [-0.4, -0.2) is 66.1 Å². The molecule has 14 heteroatoms. The van der Waals surface area contributed by atoms with E-state index in [0.29, 0.717) is 48.4 Å². The standard InChI is InChI=1S/C41H44N8O5S/c1-4-6-19-49(20-7-5-2)41(52)37-26-48(3)39(45-37)34-18-16-29(40(51)46-55(53,54)32-17-15-27-11-8-9-12-28(27)21-32)22-36(34)38(50)33-14-10-13-30-24-43-31(23-35(30)33)25-44-47-42/h8-18,21-22,26,31,43H,4-7,19-20,23-25H2,1-3H3,(H,46,51). The summed E-state index contributed by atoms with van der Waals surface area (Å²) in [6.45, 7) is 6.01. The number of amides is 2. The highest BCUT2D eigenvalue weighted by Gasteiger charge is 2.28. The summed E-state index contributed by atoms with van der Waals surface area (Å²) in [5, 5.41) is 8.61. The zero-order chi connectivity index (χ0) is 39.1. The summed E-state index contributed by atoms with van der Waals surface area (Å²) < 4.78 is 30.8. The molecule has 13 nitrogen and oxygen atoms in total. The number of hydrogen-bond donors (Lipinski definition) is 2. The third-order valence-corrected chi connectivity index (χ3v) is 11.2. The molecule has 0 fully saturated rings. The lowest BCUT2D eigenvalue weighted by Crippen LogP contribution is -2.38. The van der Waals surface area contributed by atoms with E-state index in [-0.39, 0.29) is 40.2 Å². The molecule has 0 aliphatic carbocycles. The van der Waals surface area contributed by atoms with Crippen molar-refractivity contribution in [3.8, 4) is 11.4 Å². The van der Waals surface area contributed by atoms with Gasteiger partial charge in [-0.3, -0.25) is 14.4 Å². The first kappa shape index (κ1) is 38.9. The highest BCUT2D eigenvalue weighted by Crippen LogP contribution is 2.31. The number of nitrogens with one attached hydrogen (secondary N) is 2. The van der Waals surface area contributed by atoms with Crippen molar-refractivity contribution in [1.29, 1.82) is 0 Å². The summed E-state index contributed by atoms with van der Waals surface area (Å²) in [6, 6.07) is 21.5. The van der Waals surface area contributed by atoms with Gasteiger partial charge in [0.15, 0.2) is 5.78 Å². The molecule has 0 radical (unpaired) electrons. The van der Waals surface area contributed by atoms with E-state index >= 15 is 0 Å². The van der Waals surface area contributed by atoms with Crippen LogP contribution in [0.2, 0.25) is 0 Å². The van der Waals surface area contributed by atoms with E-state index in [1.165, 1.54) is 24.3 Å². The van der Waals surface area contributed by atoms with Gasteiger partial charge in [-0.05, 0) is 77.0 Å². The topological polar surface area (TPSA) is 179 Å². The van der Waals surface area contributed by atoms with Gasteiger partial charge in [-0.1, -0.05) is 80.3 Å². The molecule has 1 atom stereocenters. The lowest BCUT2D eigenvalue weighted by Gasteiger charge is -2.27. The van der Waals surface area contributed by atoms with Crippen LogP contribution in [0.5, 0.6) is 0 Å². The Morgan fingerprint density at radius 2 is 1.71 bits per heavy atom. The van der Waals surface area contributed by atoms with Crippen molar-refractivity contribution in [3.05, 3.63) is 129 Å². The molecule has 5 aromatic rings. The maximum atomic E-state index is 14.8. The van der Waals surface area contributed by atoms with Gasteiger partial charge in [0.05, 0.1) is 4.90 Å². The minimum atomic E-state index is -4.29. The maximum absolute atomic E-state index is 14.8.